The number of benzene rings is 2. The SMILES string of the molecule is Cc1cc(OCc2ccc(C(=O)Nc3c(F)c(F)c(F)c(F)c3F)o2)ccc1Cl. The number of halogens is 6. The maximum absolute atomic E-state index is 13.7. The number of carbonyl (C=O) groups excluding carboxylic acids is 1. The highest BCUT2D eigenvalue weighted by Gasteiger charge is 2.27. The van der Waals surface area contributed by atoms with Crippen LogP contribution in [0.15, 0.2) is 34.7 Å². The summed E-state index contributed by atoms with van der Waals surface area (Å²) in [5.74, 6) is -12.0. The molecule has 0 aliphatic heterocycles. The van der Waals surface area contributed by atoms with Gasteiger partial charge in [0.15, 0.2) is 29.0 Å². The van der Waals surface area contributed by atoms with Gasteiger partial charge in [0.25, 0.3) is 5.91 Å². The molecule has 0 aliphatic rings. The van der Waals surface area contributed by atoms with Crippen LogP contribution in [0.2, 0.25) is 5.02 Å². The minimum atomic E-state index is -2.33. The summed E-state index contributed by atoms with van der Waals surface area (Å²) in [4.78, 5) is 12.1. The lowest BCUT2D eigenvalue weighted by molar-refractivity contribution is 0.0991. The monoisotopic (exact) mass is 431 g/mol. The first-order valence-corrected chi connectivity index (χ1v) is 8.37. The third kappa shape index (κ3) is 4.19. The van der Waals surface area contributed by atoms with Crippen molar-refractivity contribution in [1.29, 1.82) is 0 Å². The lowest BCUT2D eigenvalue weighted by atomic mass is 10.2. The molecule has 3 rings (SSSR count). The van der Waals surface area contributed by atoms with Gasteiger partial charge in [0.05, 0.1) is 0 Å². The van der Waals surface area contributed by atoms with Crippen molar-refractivity contribution < 1.29 is 35.9 Å². The van der Waals surface area contributed by atoms with Crippen LogP contribution in [0.4, 0.5) is 27.6 Å². The van der Waals surface area contributed by atoms with E-state index < -0.39 is 46.4 Å². The molecular formula is C19H11ClF5NO3. The van der Waals surface area contributed by atoms with E-state index in [9.17, 15) is 26.7 Å². The first-order valence-electron chi connectivity index (χ1n) is 7.99. The number of amides is 1. The molecule has 1 heterocycles. The molecular weight excluding hydrogens is 421 g/mol. The molecule has 0 aliphatic carbocycles. The Labute approximate surface area is 165 Å². The minimum Gasteiger partial charge on any atom is -0.486 e. The first kappa shape index (κ1) is 20.7. The van der Waals surface area contributed by atoms with Gasteiger partial charge in [0, 0.05) is 5.02 Å². The molecule has 29 heavy (non-hydrogen) atoms. The maximum atomic E-state index is 13.7. The van der Waals surface area contributed by atoms with E-state index in [2.05, 4.69) is 0 Å². The van der Waals surface area contributed by atoms with Gasteiger partial charge in [-0.15, -0.1) is 0 Å². The molecule has 10 heteroatoms. The number of nitrogens with one attached hydrogen (secondary N) is 1. The second kappa shape index (κ2) is 8.12. The van der Waals surface area contributed by atoms with Crippen molar-refractivity contribution in [2.75, 3.05) is 5.32 Å². The predicted octanol–water partition coefficient (Wildman–Crippen LogP) is 5.77. The Morgan fingerprint density at radius 1 is 1.00 bits per heavy atom. The molecule has 0 bridgehead atoms. The molecule has 1 amide bonds. The van der Waals surface area contributed by atoms with Crippen LogP contribution >= 0.6 is 11.6 Å². The highest BCUT2D eigenvalue weighted by molar-refractivity contribution is 6.31. The first-order chi connectivity index (χ1) is 13.7. The second-order valence-electron chi connectivity index (χ2n) is 5.86. The van der Waals surface area contributed by atoms with Crippen LogP contribution in [-0.2, 0) is 6.61 Å². The molecule has 1 N–H and O–H groups in total. The summed E-state index contributed by atoms with van der Waals surface area (Å²) in [5, 5.41) is 2.18. The topological polar surface area (TPSA) is 51.5 Å². The summed E-state index contributed by atoms with van der Waals surface area (Å²) < 4.78 is 77.5. The molecule has 4 nitrogen and oxygen atoms in total. The summed E-state index contributed by atoms with van der Waals surface area (Å²) in [5.41, 5.74) is -0.691. The number of hydrogen-bond donors (Lipinski definition) is 1. The largest absolute Gasteiger partial charge is 0.486 e. The molecule has 0 radical (unpaired) electrons. The van der Waals surface area contributed by atoms with Crippen LogP contribution in [0.3, 0.4) is 0 Å². The number of hydrogen-bond acceptors (Lipinski definition) is 3. The Bertz CT molecular complexity index is 1070. The third-order valence-electron chi connectivity index (χ3n) is 3.84. The Balaban J connectivity index is 1.72. The summed E-state index contributed by atoms with van der Waals surface area (Å²) in [6.45, 7) is 1.70. The van der Waals surface area contributed by atoms with Crippen LogP contribution in [-0.4, -0.2) is 5.91 Å². The Kier molecular flexibility index (Phi) is 5.78. The molecule has 1 aromatic heterocycles. The number of rotatable bonds is 5. The van der Waals surface area contributed by atoms with Gasteiger partial charge in [-0.3, -0.25) is 4.79 Å². The molecule has 2 aromatic carbocycles. The Morgan fingerprint density at radius 2 is 1.62 bits per heavy atom. The van der Waals surface area contributed by atoms with Gasteiger partial charge in [0.1, 0.15) is 23.8 Å². The van der Waals surface area contributed by atoms with Gasteiger partial charge in [-0.05, 0) is 42.8 Å². The number of ether oxygens (including phenoxy) is 1. The van der Waals surface area contributed by atoms with Gasteiger partial charge in [-0.2, -0.15) is 0 Å². The summed E-state index contributed by atoms with van der Waals surface area (Å²) in [6.07, 6.45) is 0. The van der Waals surface area contributed by atoms with Gasteiger partial charge in [-0.1, -0.05) is 11.6 Å². The zero-order chi connectivity index (χ0) is 21.3. The summed E-state index contributed by atoms with van der Waals surface area (Å²) in [7, 11) is 0. The van der Waals surface area contributed by atoms with Crippen molar-refractivity contribution in [1.82, 2.24) is 0 Å². The standard InChI is InChI=1S/C19H11ClF5NO3/c1-8-6-9(2-4-11(8)20)28-7-10-3-5-12(29-10)19(27)26-18-16(24)14(22)13(21)15(23)17(18)25/h2-6H,7H2,1H3,(H,26,27). The average molecular weight is 432 g/mol. The third-order valence-corrected chi connectivity index (χ3v) is 4.27. The minimum absolute atomic E-state index is 0.0864. The fraction of sp³-hybridized carbons (Fsp3) is 0.105. The lowest BCUT2D eigenvalue weighted by Crippen LogP contribution is -2.16. The van der Waals surface area contributed by atoms with Crippen LogP contribution < -0.4 is 10.1 Å². The van der Waals surface area contributed by atoms with Gasteiger partial charge in [0.2, 0.25) is 5.82 Å². The molecule has 0 unspecified atom stereocenters. The molecule has 152 valence electrons. The van der Waals surface area contributed by atoms with E-state index in [-0.39, 0.29) is 12.4 Å². The van der Waals surface area contributed by atoms with Crippen molar-refractivity contribution in [3.8, 4) is 5.75 Å². The highest BCUT2D eigenvalue weighted by Crippen LogP contribution is 2.28. The van der Waals surface area contributed by atoms with Crippen LogP contribution in [0.25, 0.3) is 0 Å². The quantitative estimate of drug-likeness (QED) is 0.317. The van der Waals surface area contributed by atoms with Crippen molar-refractivity contribution in [3.63, 3.8) is 0 Å². The van der Waals surface area contributed by atoms with E-state index in [1.165, 1.54) is 6.07 Å². The highest BCUT2D eigenvalue weighted by atomic mass is 35.5. The van der Waals surface area contributed by atoms with E-state index in [1.807, 2.05) is 0 Å². The van der Waals surface area contributed by atoms with E-state index >= 15 is 0 Å². The van der Waals surface area contributed by atoms with Gasteiger partial charge < -0.3 is 14.5 Å². The van der Waals surface area contributed by atoms with Crippen LogP contribution in [0, 0.1) is 36.0 Å². The van der Waals surface area contributed by atoms with Crippen molar-refractivity contribution in [2.45, 2.75) is 13.5 Å². The molecule has 0 saturated heterocycles. The van der Waals surface area contributed by atoms with Crippen molar-refractivity contribution in [2.24, 2.45) is 0 Å². The second-order valence-corrected chi connectivity index (χ2v) is 6.27. The van der Waals surface area contributed by atoms with E-state index in [0.29, 0.717) is 10.8 Å². The number of anilines is 1. The maximum Gasteiger partial charge on any atom is 0.291 e. The number of furan rings is 1. The fourth-order valence-electron chi connectivity index (χ4n) is 2.33. The molecule has 0 fully saturated rings. The van der Waals surface area contributed by atoms with Crippen molar-refractivity contribution >= 4 is 23.2 Å². The van der Waals surface area contributed by atoms with Crippen molar-refractivity contribution in [3.05, 3.63) is 81.5 Å². The summed E-state index contributed by atoms with van der Waals surface area (Å²) in [6, 6.07) is 7.46. The van der Waals surface area contributed by atoms with Crippen LogP contribution in [0.1, 0.15) is 21.9 Å². The molecule has 3 aromatic rings. The molecule has 0 spiro atoms. The summed E-state index contributed by atoms with van der Waals surface area (Å²) >= 11 is 5.91. The fourth-order valence-corrected chi connectivity index (χ4v) is 2.45. The van der Waals surface area contributed by atoms with Crippen LogP contribution in [0.5, 0.6) is 5.75 Å². The number of aryl methyl sites for hydroxylation is 1. The lowest BCUT2D eigenvalue weighted by Gasteiger charge is -2.09. The Hall–Kier alpha value is -3.07. The number of carbonyl (C=O) groups is 1. The Morgan fingerprint density at radius 3 is 2.24 bits per heavy atom. The molecule has 0 saturated carbocycles. The molecule has 0 atom stereocenters. The predicted molar refractivity (Wildman–Crippen MR) is 93.4 cm³/mol. The zero-order valence-corrected chi connectivity index (χ0v) is 15.3. The van der Waals surface area contributed by atoms with E-state index in [0.717, 1.165) is 11.6 Å². The average Bonchev–Trinajstić information content (AvgIpc) is 3.18. The zero-order valence-electron chi connectivity index (χ0n) is 14.6. The van der Waals surface area contributed by atoms with Gasteiger partial charge >= 0.3 is 0 Å². The van der Waals surface area contributed by atoms with E-state index in [1.54, 1.807) is 30.4 Å². The van der Waals surface area contributed by atoms with E-state index in [4.69, 9.17) is 20.8 Å². The van der Waals surface area contributed by atoms with Gasteiger partial charge in [-0.25, -0.2) is 22.0 Å². The normalized spacial score (nSPS) is 10.9. The smallest absolute Gasteiger partial charge is 0.291 e.